The number of carbonyl (C=O) groups excluding carboxylic acids is 1. The lowest BCUT2D eigenvalue weighted by Gasteiger charge is -2.47. The lowest BCUT2D eigenvalue weighted by Crippen LogP contribution is -2.62. The van der Waals surface area contributed by atoms with Crippen LogP contribution in [0.1, 0.15) is 39.5 Å². The molecule has 0 aromatic heterocycles. The summed E-state index contributed by atoms with van der Waals surface area (Å²) in [6.07, 6.45) is 5.06. The van der Waals surface area contributed by atoms with Gasteiger partial charge in [0.05, 0.1) is 0 Å². The number of hydrogen-bond acceptors (Lipinski definition) is 2. The van der Waals surface area contributed by atoms with Crippen LogP contribution in [0, 0.1) is 0 Å². The van der Waals surface area contributed by atoms with Crippen LogP contribution < -0.4 is 0 Å². The minimum atomic E-state index is 0.266. The maximum absolute atomic E-state index is 12.2. The molecule has 0 aromatic carbocycles. The van der Waals surface area contributed by atoms with Crippen LogP contribution in [0.4, 0.5) is 4.79 Å². The number of unbranched alkanes of at least 4 members (excludes halogenated alkanes) is 2. The van der Waals surface area contributed by atoms with Crippen molar-refractivity contribution in [2.24, 2.45) is 0 Å². The molecule has 2 aliphatic heterocycles. The first-order valence-electron chi connectivity index (χ1n) is 7.54. The molecule has 0 saturated carbocycles. The molecule has 2 rings (SSSR count). The van der Waals surface area contributed by atoms with E-state index in [4.69, 9.17) is 0 Å². The first-order chi connectivity index (χ1) is 8.76. The van der Waals surface area contributed by atoms with Crippen LogP contribution in [0.5, 0.6) is 0 Å². The van der Waals surface area contributed by atoms with Gasteiger partial charge in [0, 0.05) is 38.8 Å². The molecule has 0 aliphatic carbocycles. The number of hydrogen-bond donors (Lipinski definition) is 0. The van der Waals surface area contributed by atoms with Gasteiger partial charge in [-0.1, -0.05) is 19.8 Å². The highest BCUT2D eigenvalue weighted by molar-refractivity contribution is 5.75. The van der Waals surface area contributed by atoms with E-state index in [0.717, 1.165) is 39.1 Å². The predicted molar refractivity (Wildman–Crippen MR) is 73.7 cm³/mol. The summed E-state index contributed by atoms with van der Waals surface area (Å²) in [6, 6.07) is 0.734. The highest BCUT2D eigenvalue weighted by Gasteiger charge is 2.35. The van der Waals surface area contributed by atoms with Crippen molar-refractivity contribution in [3.8, 4) is 0 Å². The van der Waals surface area contributed by atoms with Gasteiger partial charge in [-0.25, -0.2) is 4.79 Å². The van der Waals surface area contributed by atoms with E-state index in [2.05, 4.69) is 23.6 Å². The van der Waals surface area contributed by atoms with E-state index >= 15 is 0 Å². The summed E-state index contributed by atoms with van der Waals surface area (Å²) in [6.45, 7) is 10.4. The summed E-state index contributed by atoms with van der Waals surface area (Å²) in [5.41, 5.74) is 0. The van der Waals surface area contributed by atoms with Crippen molar-refractivity contribution in [3.63, 3.8) is 0 Å². The van der Waals surface area contributed by atoms with E-state index in [0.29, 0.717) is 6.04 Å². The van der Waals surface area contributed by atoms with Gasteiger partial charge >= 0.3 is 6.03 Å². The molecule has 18 heavy (non-hydrogen) atoms. The Hall–Kier alpha value is -0.770. The predicted octanol–water partition coefficient (Wildman–Crippen LogP) is 2.01. The topological polar surface area (TPSA) is 26.8 Å². The molecule has 2 aliphatic rings. The van der Waals surface area contributed by atoms with Crippen molar-refractivity contribution in [1.82, 2.24) is 14.7 Å². The quantitative estimate of drug-likeness (QED) is 0.701. The van der Waals surface area contributed by atoms with Crippen LogP contribution in [0.25, 0.3) is 0 Å². The number of nitrogens with zero attached hydrogens (tertiary/aromatic N) is 3. The van der Waals surface area contributed by atoms with Crippen molar-refractivity contribution in [2.45, 2.75) is 45.6 Å². The molecule has 0 radical (unpaired) electrons. The molecule has 0 bridgehead atoms. The second-order valence-electron chi connectivity index (χ2n) is 5.51. The van der Waals surface area contributed by atoms with E-state index in [1.807, 2.05) is 4.90 Å². The third-order valence-corrected chi connectivity index (χ3v) is 4.27. The Balaban J connectivity index is 1.83. The molecular formula is C14H27N3O. The van der Waals surface area contributed by atoms with E-state index in [9.17, 15) is 4.79 Å². The summed E-state index contributed by atoms with van der Waals surface area (Å²) in [7, 11) is 0. The fourth-order valence-corrected chi connectivity index (χ4v) is 3.08. The zero-order valence-corrected chi connectivity index (χ0v) is 11.9. The molecule has 0 unspecified atom stereocenters. The van der Waals surface area contributed by atoms with Gasteiger partial charge in [-0.2, -0.15) is 0 Å². The Morgan fingerprint density at radius 3 is 2.72 bits per heavy atom. The van der Waals surface area contributed by atoms with Gasteiger partial charge in [-0.15, -0.1) is 0 Å². The molecule has 0 spiro atoms. The van der Waals surface area contributed by atoms with Gasteiger partial charge in [0.2, 0.25) is 0 Å². The average Bonchev–Trinajstić information content (AvgIpc) is 2.39. The van der Waals surface area contributed by atoms with Crippen molar-refractivity contribution in [2.75, 3.05) is 39.3 Å². The number of carbonyl (C=O) groups is 1. The third kappa shape index (κ3) is 2.97. The van der Waals surface area contributed by atoms with Crippen molar-refractivity contribution >= 4 is 6.03 Å². The maximum atomic E-state index is 12.2. The van der Waals surface area contributed by atoms with Crippen molar-refractivity contribution in [3.05, 3.63) is 0 Å². The second-order valence-corrected chi connectivity index (χ2v) is 5.51. The van der Waals surface area contributed by atoms with Crippen LogP contribution in [0.2, 0.25) is 0 Å². The number of rotatable bonds is 5. The van der Waals surface area contributed by atoms with Crippen LogP contribution in [0.15, 0.2) is 0 Å². The molecule has 4 nitrogen and oxygen atoms in total. The number of piperazine rings is 1. The molecule has 2 saturated heterocycles. The molecule has 2 fully saturated rings. The fourth-order valence-electron chi connectivity index (χ4n) is 3.08. The third-order valence-electron chi connectivity index (χ3n) is 4.27. The lowest BCUT2D eigenvalue weighted by molar-refractivity contribution is 0.0450. The largest absolute Gasteiger partial charge is 0.325 e. The van der Waals surface area contributed by atoms with Gasteiger partial charge in [0.15, 0.2) is 0 Å². The van der Waals surface area contributed by atoms with Gasteiger partial charge in [-0.05, 0) is 26.3 Å². The maximum Gasteiger partial charge on any atom is 0.320 e. The highest BCUT2D eigenvalue weighted by atomic mass is 16.2. The SMILES string of the molecule is CCCCCN1CCN2C(=O)N(CC)CC[C@@H]2C1. The molecule has 1 atom stereocenters. The minimum Gasteiger partial charge on any atom is -0.325 e. The van der Waals surface area contributed by atoms with E-state index in [1.165, 1.54) is 25.8 Å². The highest BCUT2D eigenvalue weighted by Crippen LogP contribution is 2.20. The zero-order chi connectivity index (χ0) is 13.0. The lowest BCUT2D eigenvalue weighted by atomic mass is 10.1. The summed E-state index contributed by atoms with van der Waals surface area (Å²) < 4.78 is 0. The van der Waals surface area contributed by atoms with E-state index in [1.54, 1.807) is 0 Å². The van der Waals surface area contributed by atoms with Crippen molar-refractivity contribution < 1.29 is 4.79 Å². The van der Waals surface area contributed by atoms with Crippen LogP contribution in [-0.2, 0) is 0 Å². The monoisotopic (exact) mass is 253 g/mol. The molecule has 4 heteroatoms. The van der Waals surface area contributed by atoms with Gasteiger partial charge in [0.1, 0.15) is 0 Å². The second kappa shape index (κ2) is 6.41. The van der Waals surface area contributed by atoms with E-state index < -0.39 is 0 Å². The molecule has 2 heterocycles. The Bertz CT molecular complexity index is 282. The van der Waals surface area contributed by atoms with Crippen molar-refractivity contribution in [1.29, 1.82) is 0 Å². The van der Waals surface area contributed by atoms with Gasteiger partial charge in [0.25, 0.3) is 0 Å². The number of urea groups is 1. The number of amides is 2. The Kier molecular flexibility index (Phi) is 4.87. The molecule has 0 aromatic rings. The normalized spacial score (nSPS) is 25.4. The zero-order valence-electron chi connectivity index (χ0n) is 11.9. The summed E-state index contributed by atoms with van der Waals surface area (Å²) in [4.78, 5) is 18.8. The van der Waals surface area contributed by atoms with Crippen LogP contribution in [0.3, 0.4) is 0 Å². The smallest absolute Gasteiger partial charge is 0.320 e. The molecule has 2 amide bonds. The first kappa shape index (κ1) is 13.7. The Morgan fingerprint density at radius 2 is 2.00 bits per heavy atom. The average molecular weight is 253 g/mol. The minimum absolute atomic E-state index is 0.266. The van der Waals surface area contributed by atoms with Crippen LogP contribution in [-0.4, -0.2) is 66.0 Å². The fraction of sp³-hybridized carbons (Fsp3) is 0.929. The Labute approximate surface area is 111 Å². The Morgan fingerprint density at radius 1 is 1.17 bits per heavy atom. The standard InChI is InChI=1S/C14H27N3O/c1-3-5-6-8-15-10-11-17-13(12-15)7-9-16(4-2)14(17)18/h13H,3-12H2,1-2H3/t13-/m1/s1. The molecule has 104 valence electrons. The number of fused-ring (bicyclic) bond motifs is 1. The van der Waals surface area contributed by atoms with Gasteiger partial charge < -0.3 is 9.80 Å². The molecular weight excluding hydrogens is 226 g/mol. The van der Waals surface area contributed by atoms with Gasteiger partial charge in [-0.3, -0.25) is 4.90 Å². The summed E-state index contributed by atoms with van der Waals surface area (Å²) in [5, 5.41) is 0. The van der Waals surface area contributed by atoms with Crippen LogP contribution >= 0.6 is 0 Å². The first-order valence-corrected chi connectivity index (χ1v) is 7.54. The summed E-state index contributed by atoms with van der Waals surface area (Å²) in [5.74, 6) is 0. The van der Waals surface area contributed by atoms with E-state index in [-0.39, 0.29) is 6.03 Å². The summed E-state index contributed by atoms with van der Waals surface area (Å²) >= 11 is 0. The molecule has 0 N–H and O–H groups in total.